The second-order valence-corrected chi connectivity index (χ2v) is 24.1. The molecule has 5 heterocycles. The summed E-state index contributed by atoms with van der Waals surface area (Å²) in [4.78, 5) is 44.8. The minimum atomic E-state index is -0.146. The lowest BCUT2D eigenvalue weighted by Crippen LogP contribution is -2.47. The first-order valence-electron chi connectivity index (χ1n) is 28.4. The van der Waals surface area contributed by atoms with Gasteiger partial charge in [-0.3, -0.25) is 9.59 Å². The number of aromatic nitrogens is 4. The average molecular weight is 1000 g/mol. The molecule has 2 unspecified atom stereocenters. The number of aromatic amines is 2. The average Bonchev–Trinajstić information content (AvgIpc) is 4.43. The number of nitrogens with zero attached hydrogens (tertiary/aromatic N) is 2. The van der Waals surface area contributed by atoms with Crippen molar-refractivity contribution in [2.75, 3.05) is 0 Å². The number of Topliss-reactive ketones (excluding diaryl/α,β-unsaturated/α-hetero) is 2. The van der Waals surface area contributed by atoms with E-state index in [1.54, 1.807) is 0 Å². The Morgan fingerprint density at radius 3 is 1.75 bits per heavy atom. The highest BCUT2D eigenvalue weighted by molar-refractivity contribution is 5.95. The highest BCUT2D eigenvalue weighted by Crippen LogP contribution is 2.62. The molecule has 3 aromatic heterocycles. The molecule has 5 saturated carbocycles. The van der Waals surface area contributed by atoms with Crippen LogP contribution in [0.4, 0.5) is 0 Å². The first kappa shape index (κ1) is 46.0. The van der Waals surface area contributed by atoms with E-state index in [0.717, 1.165) is 149 Å². The fraction of sp³-hybridized carbons (Fsp3) is 0.353. The molecule has 9 aliphatic rings. The Labute approximate surface area is 444 Å². The molecule has 6 aromatic rings. The zero-order valence-electron chi connectivity index (χ0n) is 43.5. The maximum absolute atomic E-state index is 13.1. The smallest absolute Gasteiger partial charge is 0.176 e. The third kappa shape index (κ3) is 7.29. The molecule has 0 radical (unpaired) electrons. The fourth-order valence-corrected chi connectivity index (χ4v) is 16.7. The van der Waals surface area contributed by atoms with Gasteiger partial charge in [0, 0.05) is 45.8 Å². The Hall–Kier alpha value is -7.32. The number of ketones is 2. The van der Waals surface area contributed by atoms with Crippen molar-refractivity contribution in [1.82, 2.24) is 19.9 Å². The third-order valence-corrected chi connectivity index (χ3v) is 20.5. The molecule has 0 amide bonds. The zero-order chi connectivity index (χ0) is 50.9. The lowest BCUT2D eigenvalue weighted by atomic mass is 9.52. The molecule has 3 aromatic carbocycles. The minimum Gasteiger partial charge on any atom is -0.453 e. The first-order valence-corrected chi connectivity index (χ1v) is 28.4. The van der Waals surface area contributed by atoms with Crippen LogP contribution in [0.25, 0.3) is 68.6 Å². The van der Waals surface area contributed by atoms with Crippen LogP contribution in [0.3, 0.4) is 0 Å². The molecule has 76 heavy (non-hydrogen) atoms. The normalized spacial score (nSPS) is 29.7. The number of hydrogen-bond donors (Lipinski definition) is 2. The number of hydrogen-bond acceptors (Lipinski definition) is 6. The second kappa shape index (κ2) is 17.6. The van der Waals surface area contributed by atoms with Gasteiger partial charge in [0.1, 0.15) is 34.5 Å². The van der Waals surface area contributed by atoms with Gasteiger partial charge < -0.3 is 19.4 Å². The van der Waals surface area contributed by atoms with Gasteiger partial charge in [-0.25, -0.2) is 9.97 Å². The largest absolute Gasteiger partial charge is 0.453 e. The van der Waals surface area contributed by atoms with Gasteiger partial charge in [-0.1, -0.05) is 86.7 Å². The van der Waals surface area contributed by atoms with Crippen LogP contribution in [0.5, 0.6) is 17.2 Å². The summed E-state index contributed by atoms with van der Waals surface area (Å²) in [7, 11) is 0. The molecule has 5 fully saturated rings. The van der Waals surface area contributed by atoms with Gasteiger partial charge in [0.25, 0.3) is 0 Å². The van der Waals surface area contributed by atoms with Crippen molar-refractivity contribution in [3.63, 3.8) is 0 Å². The third-order valence-electron chi connectivity index (χ3n) is 20.5. The van der Waals surface area contributed by atoms with Crippen molar-refractivity contribution in [2.45, 2.75) is 96.8 Å². The van der Waals surface area contributed by atoms with Gasteiger partial charge in [-0.15, -0.1) is 0 Å². The van der Waals surface area contributed by atoms with E-state index in [2.05, 4.69) is 157 Å². The number of benzene rings is 3. The number of carbonyl (C=O) groups excluding carboxylic acids is 2. The van der Waals surface area contributed by atoms with E-state index in [1.807, 2.05) is 12.1 Å². The van der Waals surface area contributed by atoms with Crippen molar-refractivity contribution in [3.8, 4) is 39.5 Å². The number of nitrogens with one attached hydrogen (secondary N) is 2. The standard InChI is InChI=1S/C68H64N4O4/c1-67-35-33-47-45-19-15-43(37-41(45)13-17-49(47)51(67)21-31-61(67)73)75-65-57-27-23-53(69-57)63(39-9-5-3-6-10-39)55-25-29-59(71-55)66(60-30-26-56(72-60)64(40-11-7-4-8-12-40)54-24-28-58(65)70-54)76-44-16-20-46-42(38-44)14-18-50-48(46)34-36-68(2)52(50)22-32-62(68)74/h3-12,15-16,19-20,23-30,37-38,41,45,47-52,69,72H,13-14,17-18,21-22,31-36H2,1-2H3/t41?,45?,47-,48-,49-,50-,51+,52+,67+,68+/m1/s1. The molecule has 0 saturated heterocycles. The summed E-state index contributed by atoms with van der Waals surface area (Å²) in [5.74, 6) is 8.01. The quantitative estimate of drug-likeness (QED) is 0.172. The van der Waals surface area contributed by atoms with Crippen molar-refractivity contribution in [3.05, 3.63) is 161 Å². The van der Waals surface area contributed by atoms with Crippen LogP contribution >= 0.6 is 0 Å². The van der Waals surface area contributed by atoms with Crippen LogP contribution < -0.4 is 9.47 Å². The molecule has 7 aliphatic carbocycles. The molecular formula is C68H64N4O4. The van der Waals surface area contributed by atoms with Crippen LogP contribution in [-0.4, -0.2) is 31.5 Å². The van der Waals surface area contributed by atoms with Crippen LogP contribution in [-0.2, 0) is 16.0 Å². The summed E-state index contributed by atoms with van der Waals surface area (Å²) in [5.41, 5.74) is 13.1. The topological polar surface area (TPSA) is 110 Å². The molecule has 0 spiro atoms. The summed E-state index contributed by atoms with van der Waals surface area (Å²) in [6, 6.07) is 36.2. The van der Waals surface area contributed by atoms with E-state index >= 15 is 0 Å². The minimum absolute atomic E-state index is 0.125. The molecule has 8 heteroatoms. The van der Waals surface area contributed by atoms with E-state index in [0.29, 0.717) is 70.4 Å². The second-order valence-electron chi connectivity index (χ2n) is 24.1. The van der Waals surface area contributed by atoms with Gasteiger partial charge >= 0.3 is 0 Å². The molecule has 380 valence electrons. The highest BCUT2D eigenvalue weighted by Gasteiger charge is 2.57. The van der Waals surface area contributed by atoms with Crippen LogP contribution in [0.1, 0.15) is 124 Å². The summed E-state index contributed by atoms with van der Waals surface area (Å²) in [5, 5.41) is 0. The van der Waals surface area contributed by atoms with Gasteiger partial charge in [0.15, 0.2) is 11.5 Å². The Morgan fingerprint density at radius 2 is 1.11 bits per heavy atom. The Morgan fingerprint density at radius 1 is 0.526 bits per heavy atom. The SMILES string of the molecule is C[C@]12CC[C@@H]3c4ccc(Oc5c6nc(c(-c7ccccc7)c7ccc([nH]7)c(OC7=CC8CC[C@@H]9[C@H](CC[C@]%10(C)C(=O)CC[C@@H]9%10)C8C=C7)c7nc(c(-c8ccccc8)c8ccc5[nH]8)C=C7)C=C6)cc4CC[C@H]3[C@@H]1CCC2=O. The predicted octanol–water partition coefficient (Wildman–Crippen LogP) is 16.1. The molecule has 8 nitrogen and oxygen atoms in total. The van der Waals surface area contributed by atoms with E-state index in [9.17, 15) is 9.59 Å². The summed E-state index contributed by atoms with van der Waals surface area (Å²) >= 11 is 0. The molecule has 15 rings (SSSR count). The van der Waals surface area contributed by atoms with Gasteiger partial charge in [0.2, 0.25) is 0 Å². The van der Waals surface area contributed by atoms with Crippen molar-refractivity contribution in [2.24, 2.45) is 52.3 Å². The maximum atomic E-state index is 13.1. The Balaban J connectivity index is 0.860. The van der Waals surface area contributed by atoms with Crippen molar-refractivity contribution < 1.29 is 19.1 Å². The number of aryl methyl sites for hydroxylation is 1. The number of carbonyl (C=O) groups is 2. The molecule has 8 bridgehead atoms. The molecular weight excluding hydrogens is 937 g/mol. The van der Waals surface area contributed by atoms with Gasteiger partial charge in [-0.05, 0) is 207 Å². The first-order chi connectivity index (χ1) is 37.2. The Bertz CT molecular complexity index is 3670. The van der Waals surface area contributed by atoms with E-state index in [-0.39, 0.29) is 10.8 Å². The lowest BCUT2D eigenvalue weighted by molar-refractivity contribution is -0.131. The van der Waals surface area contributed by atoms with E-state index in [4.69, 9.17) is 19.4 Å². The summed E-state index contributed by atoms with van der Waals surface area (Å²) in [6.45, 7) is 4.52. The van der Waals surface area contributed by atoms with Gasteiger partial charge in [0.05, 0.1) is 22.4 Å². The predicted molar refractivity (Wildman–Crippen MR) is 302 cm³/mol. The van der Waals surface area contributed by atoms with E-state index < -0.39 is 0 Å². The molecule has 10 atom stereocenters. The monoisotopic (exact) mass is 1000 g/mol. The number of allylic oxidation sites excluding steroid dienone is 3. The van der Waals surface area contributed by atoms with Crippen LogP contribution in [0.2, 0.25) is 0 Å². The fourth-order valence-electron chi connectivity index (χ4n) is 16.7. The number of ether oxygens (including phenoxy) is 2. The van der Waals surface area contributed by atoms with Crippen LogP contribution in [0, 0.1) is 52.3 Å². The van der Waals surface area contributed by atoms with Crippen molar-refractivity contribution in [1.29, 1.82) is 0 Å². The zero-order valence-corrected chi connectivity index (χ0v) is 43.5. The maximum Gasteiger partial charge on any atom is 0.176 e. The summed E-state index contributed by atoms with van der Waals surface area (Å²) in [6.07, 6.45) is 27.6. The summed E-state index contributed by atoms with van der Waals surface area (Å²) < 4.78 is 14.3. The number of fused-ring (bicyclic) bond motifs is 18. The number of rotatable bonds is 6. The van der Waals surface area contributed by atoms with E-state index in [1.165, 1.54) is 17.5 Å². The molecule has 2 N–H and O–H groups in total. The number of H-pyrrole nitrogens is 2. The van der Waals surface area contributed by atoms with Gasteiger partial charge in [-0.2, -0.15) is 0 Å². The Kier molecular flexibility index (Phi) is 10.7. The lowest BCUT2D eigenvalue weighted by Gasteiger charge is -2.52. The van der Waals surface area contributed by atoms with Crippen molar-refractivity contribution >= 4 is 57.9 Å². The van der Waals surface area contributed by atoms with Crippen LogP contribution in [0.15, 0.2) is 127 Å². The highest BCUT2D eigenvalue weighted by atomic mass is 16.5. The molecule has 2 aliphatic heterocycles.